The molecule has 6 heteroatoms. The van der Waals surface area contributed by atoms with Gasteiger partial charge in [-0.2, -0.15) is 0 Å². The Morgan fingerprint density at radius 1 is 0.422 bits per heavy atom. The number of aliphatic hydroxyl groups excluding tert-OH is 2. The van der Waals surface area contributed by atoms with Crippen LogP contribution in [0, 0.1) is 0 Å². The van der Waals surface area contributed by atoms with Gasteiger partial charge in [0.15, 0.2) is 0 Å². The molecule has 0 aliphatic rings. The van der Waals surface area contributed by atoms with Gasteiger partial charge in [-0.15, -0.1) is 0 Å². The average molecular weight is 901 g/mol. The Morgan fingerprint density at radius 3 is 1.11 bits per heavy atom. The molecule has 0 bridgehead atoms. The van der Waals surface area contributed by atoms with E-state index in [0.29, 0.717) is 19.4 Å². The molecule has 0 radical (unpaired) electrons. The summed E-state index contributed by atoms with van der Waals surface area (Å²) in [4.78, 5) is 24.5. The molecule has 0 rings (SSSR count). The van der Waals surface area contributed by atoms with Crippen LogP contribution in [0.15, 0.2) is 36.5 Å². The van der Waals surface area contributed by atoms with Crippen LogP contribution in [-0.4, -0.2) is 47.4 Å². The summed E-state index contributed by atoms with van der Waals surface area (Å²) in [5.41, 5.74) is 0. The normalized spacial score (nSPS) is 12.9. The van der Waals surface area contributed by atoms with Gasteiger partial charge in [0.2, 0.25) is 5.91 Å². The fourth-order valence-corrected chi connectivity index (χ4v) is 8.50. The Hall–Kier alpha value is -1.92. The van der Waals surface area contributed by atoms with E-state index in [-0.39, 0.29) is 18.5 Å². The van der Waals surface area contributed by atoms with Gasteiger partial charge < -0.3 is 20.3 Å². The Bertz CT molecular complexity index is 1040. The molecule has 0 spiro atoms. The van der Waals surface area contributed by atoms with Crippen molar-refractivity contribution in [1.29, 1.82) is 0 Å². The highest BCUT2D eigenvalue weighted by molar-refractivity contribution is 5.76. The van der Waals surface area contributed by atoms with Gasteiger partial charge in [0.1, 0.15) is 0 Å². The highest BCUT2D eigenvalue weighted by Crippen LogP contribution is 2.15. The number of hydrogen-bond donors (Lipinski definition) is 3. The molecule has 0 aromatic carbocycles. The van der Waals surface area contributed by atoms with Gasteiger partial charge in [-0.3, -0.25) is 9.59 Å². The third-order valence-electron chi connectivity index (χ3n) is 12.9. The molecular weight excluding hydrogens is 791 g/mol. The largest absolute Gasteiger partial charge is 0.466 e. The highest BCUT2D eigenvalue weighted by Gasteiger charge is 2.18. The number of amides is 1. The Labute approximate surface area is 398 Å². The van der Waals surface area contributed by atoms with Crippen molar-refractivity contribution in [3.05, 3.63) is 36.5 Å². The summed E-state index contributed by atoms with van der Waals surface area (Å²) in [5, 5.41) is 23.0. The van der Waals surface area contributed by atoms with E-state index in [9.17, 15) is 19.8 Å². The lowest BCUT2D eigenvalue weighted by molar-refractivity contribution is -0.143. The first-order chi connectivity index (χ1) is 31.5. The molecule has 0 saturated carbocycles. The zero-order valence-corrected chi connectivity index (χ0v) is 42.8. The van der Waals surface area contributed by atoms with Gasteiger partial charge >= 0.3 is 5.97 Å². The molecule has 0 saturated heterocycles. The fourth-order valence-electron chi connectivity index (χ4n) is 8.50. The summed E-state index contributed by atoms with van der Waals surface area (Å²) in [7, 11) is 0. The van der Waals surface area contributed by atoms with Crippen molar-refractivity contribution in [3.63, 3.8) is 0 Å². The van der Waals surface area contributed by atoms with Crippen LogP contribution in [0.3, 0.4) is 0 Å². The van der Waals surface area contributed by atoms with E-state index in [1.165, 1.54) is 205 Å². The monoisotopic (exact) mass is 900 g/mol. The molecule has 0 aromatic rings. The number of carbonyl (C=O) groups excluding carboxylic acids is 2. The zero-order chi connectivity index (χ0) is 46.5. The van der Waals surface area contributed by atoms with Crippen LogP contribution < -0.4 is 5.32 Å². The van der Waals surface area contributed by atoms with Gasteiger partial charge in [-0.05, 0) is 83.5 Å². The third kappa shape index (κ3) is 49.5. The molecule has 0 aromatic heterocycles. The van der Waals surface area contributed by atoms with Crippen LogP contribution in [-0.2, 0) is 14.3 Å². The zero-order valence-electron chi connectivity index (χ0n) is 42.8. The van der Waals surface area contributed by atoms with Crippen molar-refractivity contribution < 1.29 is 24.5 Å². The maximum Gasteiger partial charge on any atom is 0.305 e. The van der Waals surface area contributed by atoms with Gasteiger partial charge in [-0.1, -0.05) is 237 Å². The highest BCUT2D eigenvalue weighted by atomic mass is 16.5. The number of aliphatic hydroxyl groups is 2. The minimum atomic E-state index is -0.852. The molecule has 64 heavy (non-hydrogen) atoms. The number of carbonyl (C=O) groups is 2. The van der Waals surface area contributed by atoms with Gasteiger partial charge in [-0.25, -0.2) is 0 Å². The second kappa shape index (κ2) is 53.7. The summed E-state index contributed by atoms with van der Waals surface area (Å²) in [5.74, 6) is -0.0887. The number of ether oxygens (including phenoxy) is 1. The third-order valence-corrected chi connectivity index (χ3v) is 12.9. The summed E-state index contributed by atoms with van der Waals surface area (Å²) in [6.45, 7) is 4.88. The molecule has 0 fully saturated rings. The van der Waals surface area contributed by atoms with Crippen molar-refractivity contribution in [2.24, 2.45) is 0 Å². The number of allylic oxidation sites excluding steroid dienone is 5. The lowest BCUT2D eigenvalue weighted by Gasteiger charge is -2.20. The van der Waals surface area contributed by atoms with Crippen LogP contribution >= 0.6 is 0 Å². The lowest BCUT2D eigenvalue weighted by Crippen LogP contribution is -2.45. The molecular formula is C58H109NO5. The number of esters is 1. The van der Waals surface area contributed by atoms with Gasteiger partial charge in [0, 0.05) is 12.8 Å². The molecule has 0 aliphatic heterocycles. The Balaban J connectivity index is 3.47. The molecule has 0 heterocycles. The Kier molecular flexibility index (Phi) is 52.1. The molecule has 0 aliphatic carbocycles. The number of unbranched alkanes of at least 4 members (excludes halogenated alkanes) is 37. The average Bonchev–Trinajstić information content (AvgIpc) is 3.29. The van der Waals surface area contributed by atoms with Crippen LogP contribution in [0.1, 0.15) is 296 Å². The first-order valence-electron chi connectivity index (χ1n) is 28.3. The van der Waals surface area contributed by atoms with Crippen molar-refractivity contribution in [1.82, 2.24) is 5.32 Å². The van der Waals surface area contributed by atoms with Gasteiger partial charge in [0.05, 0.1) is 25.4 Å². The number of rotatable bonds is 52. The van der Waals surface area contributed by atoms with E-state index < -0.39 is 12.1 Å². The van der Waals surface area contributed by atoms with E-state index in [2.05, 4.69) is 43.5 Å². The first-order valence-corrected chi connectivity index (χ1v) is 28.3. The van der Waals surface area contributed by atoms with Crippen molar-refractivity contribution in [2.75, 3.05) is 13.2 Å². The molecule has 376 valence electrons. The van der Waals surface area contributed by atoms with Gasteiger partial charge in [0.25, 0.3) is 0 Å². The quantitative estimate of drug-likeness (QED) is 0.0321. The predicted molar refractivity (Wildman–Crippen MR) is 278 cm³/mol. The second-order valence-electron chi connectivity index (χ2n) is 19.3. The van der Waals surface area contributed by atoms with E-state index >= 15 is 0 Å². The maximum atomic E-state index is 12.4. The fraction of sp³-hybridized carbons (Fsp3) is 0.862. The second-order valence-corrected chi connectivity index (χ2v) is 19.3. The summed E-state index contributed by atoms with van der Waals surface area (Å²) >= 11 is 0. The Morgan fingerprint density at radius 2 is 0.734 bits per heavy atom. The first kappa shape index (κ1) is 62.1. The van der Waals surface area contributed by atoms with E-state index in [0.717, 1.165) is 64.2 Å². The SMILES string of the molecule is CCCCCCCCC/C=C\CCCCCCCC(=O)OCCCCCCCCCCC/C=C\CCCCCCCC(=O)NC(CO)C(O)/C=C/CCCCCCCCCCCCC. The van der Waals surface area contributed by atoms with Crippen molar-refractivity contribution in [2.45, 2.75) is 309 Å². The van der Waals surface area contributed by atoms with Crippen LogP contribution in [0.5, 0.6) is 0 Å². The predicted octanol–water partition coefficient (Wildman–Crippen LogP) is 17.2. The molecule has 1 amide bonds. The van der Waals surface area contributed by atoms with Crippen LogP contribution in [0.25, 0.3) is 0 Å². The molecule has 3 N–H and O–H groups in total. The summed E-state index contributed by atoms with van der Waals surface area (Å²) in [6, 6.07) is -0.637. The van der Waals surface area contributed by atoms with E-state index in [1.54, 1.807) is 6.08 Å². The molecule has 2 atom stereocenters. The standard InChI is InChI=1S/C58H109NO5/c1-3-5-7-9-11-13-15-17-18-24-28-32-36-40-44-48-52-58(63)64-53-49-45-41-37-33-29-25-22-20-19-21-23-27-31-35-39-43-47-51-57(62)59-55(54-60)56(61)50-46-42-38-34-30-26-16-14-12-10-8-6-4-2/h18,21,23-24,46,50,55-56,60-61H,3-17,19-20,22,25-45,47-49,51-54H2,1-2H3,(H,59,62)/b23-21-,24-18-,50-46+. The van der Waals surface area contributed by atoms with Crippen molar-refractivity contribution >= 4 is 11.9 Å². The van der Waals surface area contributed by atoms with Crippen LogP contribution in [0.2, 0.25) is 0 Å². The van der Waals surface area contributed by atoms with E-state index in [1.807, 2.05) is 6.08 Å². The number of hydrogen-bond acceptors (Lipinski definition) is 5. The topological polar surface area (TPSA) is 95.9 Å². The summed E-state index contributed by atoms with van der Waals surface area (Å²) in [6.07, 6.45) is 65.9. The number of nitrogens with one attached hydrogen (secondary N) is 1. The molecule has 6 nitrogen and oxygen atoms in total. The van der Waals surface area contributed by atoms with E-state index in [4.69, 9.17) is 4.74 Å². The van der Waals surface area contributed by atoms with Crippen molar-refractivity contribution in [3.8, 4) is 0 Å². The lowest BCUT2D eigenvalue weighted by atomic mass is 10.0. The minimum Gasteiger partial charge on any atom is -0.466 e. The summed E-state index contributed by atoms with van der Waals surface area (Å²) < 4.78 is 5.47. The minimum absolute atomic E-state index is 0.00564. The smallest absolute Gasteiger partial charge is 0.305 e. The maximum absolute atomic E-state index is 12.4. The molecule has 2 unspecified atom stereocenters. The van der Waals surface area contributed by atoms with Crippen LogP contribution in [0.4, 0.5) is 0 Å².